The number of rotatable bonds is 7. The van der Waals surface area contributed by atoms with Gasteiger partial charge in [0.25, 0.3) is 0 Å². The monoisotopic (exact) mass is 239 g/mol. The smallest absolute Gasteiger partial charge is 0.123 e. The van der Waals surface area contributed by atoms with E-state index in [2.05, 4.69) is 19.2 Å². The Labute approximate surface area is 103 Å². The summed E-state index contributed by atoms with van der Waals surface area (Å²) < 4.78 is 18.5. The van der Waals surface area contributed by atoms with E-state index >= 15 is 0 Å². The van der Waals surface area contributed by atoms with Crippen LogP contribution in [0.25, 0.3) is 0 Å². The van der Waals surface area contributed by atoms with E-state index in [1.807, 2.05) is 6.92 Å². The van der Waals surface area contributed by atoms with Crippen LogP contribution in [0.3, 0.4) is 0 Å². The third-order valence-corrected chi connectivity index (χ3v) is 2.69. The summed E-state index contributed by atoms with van der Waals surface area (Å²) in [6.07, 6.45) is 2.10. The molecule has 96 valence electrons. The Morgan fingerprint density at radius 1 is 1.41 bits per heavy atom. The van der Waals surface area contributed by atoms with Gasteiger partial charge in [0, 0.05) is 6.04 Å². The largest absolute Gasteiger partial charge is 0.493 e. The fraction of sp³-hybridized carbons (Fsp3) is 0.571. The summed E-state index contributed by atoms with van der Waals surface area (Å²) in [5.41, 5.74) is 0.846. The van der Waals surface area contributed by atoms with Crippen LogP contribution < -0.4 is 10.1 Å². The van der Waals surface area contributed by atoms with E-state index in [1.165, 1.54) is 12.1 Å². The molecule has 0 aliphatic carbocycles. The molecule has 0 radical (unpaired) electrons. The lowest BCUT2D eigenvalue weighted by Gasteiger charge is -2.14. The summed E-state index contributed by atoms with van der Waals surface area (Å²) >= 11 is 0. The highest BCUT2D eigenvalue weighted by Crippen LogP contribution is 2.18. The topological polar surface area (TPSA) is 21.3 Å². The molecule has 3 heteroatoms. The molecule has 1 atom stereocenters. The lowest BCUT2D eigenvalue weighted by atomic mass is 10.2. The Kier molecular flexibility index (Phi) is 5.98. The van der Waals surface area contributed by atoms with E-state index in [1.54, 1.807) is 6.07 Å². The van der Waals surface area contributed by atoms with Crippen LogP contribution in [0.2, 0.25) is 0 Å². The van der Waals surface area contributed by atoms with Crippen LogP contribution in [0.5, 0.6) is 5.75 Å². The Balaban J connectivity index is 2.30. The molecule has 0 aliphatic heterocycles. The van der Waals surface area contributed by atoms with Crippen LogP contribution in [0.15, 0.2) is 18.2 Å². The number of hydrogen-bond acceptors (Lipinski definition) is 2. The van der Waals surface area contributed by atoms with Crippen LogP contribution in [0, 0.1) is 12.7 Å². The average molecular weight is 239 g/mol. The molecule has 0 saturated carbocycles. The fourth-order valence-corrected chi connectivity index (χ4v) is 1.61. The van der Waals surface area contributed by atoms with Gasteiger partial charge in [0.1, 0.15) is 11.6 Å². The van der Waals surface area contributed by atoms with Gasteiger partial charge in [-0.1, -0.05) is 6.92 Å². The minimum Gasteiger partial charge on any atom is -0.493 e. The average Bonchev–Trinajstić information content (AvgIpc) is 2.29. The summed E-state index contributed by atoms with van der Waals surface area (Å²) in [5, 5.41) is 3.40. The van der Waals surface area contributed by atoms with Crippen molar-refractivity contribution in [3.05, 3.63) is 29.6 Å². The lowest BCUT2D eigenvalue weighted by molar-refractivity contribution is 0.288. The maximum Gasteiger partial charge on any atom is 0.123 e. The van der Waals surface area contributed by atoms with Gasteiger partial charge >= 0.3 is 0 Å². The molecule has 1 N–H and O–H groups in total. The van der Waals surface area contributed by atoms with Gasteiger partial charge in [0.15, 0.2) is 0 Å². The van der Waals surface area contributed by atoms with Crippen LogP contribution in [0.1, 0.15) is 32.3 Å². The minimum absolute atomic E-state index is 0.215. The van der Waals surface area contributed by atoms with Gasteiger partial charge in [-0.3, -0.25) is 0 Å². The van der Waals surface area contributed by atoms with E-state index in [9.17, 15) is 4.39 Å². The highest BCUT2D eigenvalue weighted by molar-refractivity contribution is 5.32. The second-order valence-corrected chi connectivity index (χ2v) is 4.40. The highest BCUT2D eigenvalue weighted by atomic mass is 19.1. The van der Waals surface area contributed by atoms with Crippen LogP contribution in [0.4, 0.5) is 4.39 Å². The summed E-state index contributed by atoms with van der Waals surface area (Å²) in [5.74, 6) is 0.557. The van der Waals surface area contributed by atoms with E-state index in [0.717, 1.165) is 30.7 Å². The van der Waals surface area contributed by atoms with Crippen molar-refractivity contribution in [1.29, 1.82) is 0 Å². The first kappa shape index (κ1) is 14.0. The second kappa shape index (κ2) is 7.28. The van der Waals surface area contributed by atoms with Gasteiger partial charge in [-0.05, 0) is 57.0 Å². The predicted octanol–water partition coefficient (Wildman–Crippen LogP) is 3.29. The first-order valence-corrected chi connectivity index (χ1v) is 6.25. The van der Waals surface area contributed by atoms with Gasteiger partial charge in [0.05, 0.1) is 6.61 Å². The second-order valence-electron chi connectivity index (χ2n) is 4.40. The maximum atomic E-state index is 12.9. The van der Waals surface area contributed by atoms with Crippen LogP contribution in [-0.4, -0.2) is 19.2 Å². The van der Waals surface area contributed by atoms with E-state index in [0.29, 0.717) is 12.6 Å². The molecule has 0 saturated heterocycles. The number of benzene rings is 1. The predicted molar refractivity (Wildman–Crippen MR) is 69.0 cm³/mol. The SMILES string of the molecule is CCCNC(C)CCOc1ccc(F)cc1C. The molecule has 0 aliphatic rings. The van der Waals surface area contributed by atoms with Crippen molar-refractivity contribution in [3.8, 4) is 5.75 Å². The Morgan fingerprint density at radius 3 is 2.82 bits per heavy atom. The molecule has 1 aromatic carbocycles. The Hall–Kier alpha value is -1.09. The summed E-state index contributed by atoms with van der Waals surface area (Å²) in [6, 6.07) is 5.07. The van der Waals surface area contributed by atoms with Gasteiger partial charge < -0.3 is 10.1 Å². The molecular formula is C14H22FNO. The molecule has 2 nitrogen and oxygen atoms in total. The van der Waals surface area contributed by atoms with Gasteiger partial charge in [0.2, 0.25) is 0 Å². The normalized spacial score (nSPS) is 12.5. The summed E-state index contributed by atoms with van der Waals surface area (Å²) in [7, 11) is 0. The third-order valence-electron chi connectivity index (χ3n) is 2.69. The highest BCUT2D eigenvalue weighted by Gasteiger charge is 2.03. The van der Waals surface area contributed by atoms with Crippen LogP contribution in [-0.2, 0) is 0 Å². The molecular weight excluding hydrogens is 217 g/mol. The number of halogens is 1. The van der Waals surface area contributed by atoms with Crippen molar-refractivity contribution in [2.45, 2.75) is 39.7 Å². The molecule has 17 heavy (non-hydrogen) atoms. The first-order valence-electron chi connectivity index (χ1n) is 6.25. The van der Waals surface area contributed by atoms with Crippen LogP contribution >= 0.6 is 0 Å². The van der Waals surface area contributed by atoms with E-state index in [4.69, 9.17) is 4.74 Å². The summed E-state index contributed by atoms with van der Waals surface area (Å²) in [4.78, 5) is 0. The number of aryl methyl sites for hydroxylation is 1. The van der Waals surface area contributed by atoms with Crippen molar-refractivity contribution >= 4 is 0 Å². The molecule has 0 aromatic heterocycles. The molecule has 1 rings (SSSR count). The molecule has 0 bridgehead atoms. The minimum atomic E-state index is -0.215. The van der Waals surface area contributed by atoms with E-state index < -0.39 is 0 Å². The standard InChI is InChI=1S/C14H22FNO/c1-4-8-16-12(3)7-9-17-14-6-5-13(15)10-11(14)2/h5-6,10,12,16H,4,7-9H2,1-3H3. The molecule has 0 heterocycles. The molecule has 0 amide bonds. The molecule has 0 fully saturated rings. The molecule has 1 aromatic rings. The summed E-state index contributed by atoms with van der Waals surface area (Å²) in [6.45, 7) is 7.85. The number of hydrogen-bond donors (Lipinski definition) is 1. The maximum absolute atomic E-state index is 12.9. The zero-order valence-corrected chi connectivity index (χ0v) is 10.9. The fourth-order valence-electron chi connectivity index (χ4n) is 1.61. The Bertz CT molecular complexity index is 341. The lowest BCUT2D eigenvalue weighted by Crippen LogP contribution is -2.28. The quantitative estimate of drug-likeness (QED) is 0.788. The van der Waals surface area contributed by atoms with Crippen molar-refractivity contribution in [1.82, 2.24) is 5.32 Å². The number of ether oxygens (including phenoxy) is 1. The van der Waals surface area contributed by atoms with Crippen molar-refractivity contribution < 1.29 is 9.13 Å². The van der Waals surface area contributed by atoms with Crippen molar-refractivity contribution in [2.75, 3.05) is 13.2 Å². The van der Waals surface area contributed by atoms with Gasteiger partial charge in [-0.25, -0.2) is 4.39 Å². The zero-order valence-electron chi connectivity index (χ0n) is 10.9. The Morgan fingerprint density at radius 2 is 2.18 bits per heavy atom. The van der Waals surface area contributed by atoms with Gasteiger partial charge in [-0.15, -0.1) is 0 Å². The third kappa shape index (κ3) is 5.18. The number of nitrogens with one attached hydrogen (secondary N) is 1. The zero-order chi connectivity index (χ0) is 12.7. The van der Waals surface area contributed by atoms with Gasteiger partial charge in [-0.2, -0.15) is 0 Å². The molecule has 1 unspecified atom stereocenters. The van der Waals surface area contributed by atoms with E-state index in [-0.39, 0.29) is 5.82 Å². The first-order chi connectivity index (χ1) is 8.13. The van der Waals surface area contributed by atoms with Crippen molar-refractivity contribution in [2.24, 2.45) is 0 Å². The van der Waals surface area contributed by atoms with Crippen molar-refractivity contribution in [3.63, 3.8) is 0 Å². The molecule has 0 spiro atoms.